The number of hydrogen-bond donors (Lipinski definition) is 1. The maximum atomic E-state index is 12.5. The number of fused-ring (bicyclic) bond motifs is 2. The number of carbonyl (C=O) groups is 1. The van der Waals surface area contributed by atoms with Gasteiger partial charge in [0, 0.05) is 24.2 Å². The van der Waals surface area contributed by atoms with Gasteiger partial charge >= 0.3 is 6.09 Å². The molecule has 0 aromatic heterocycles. The van der Waals surface area contributed by atoms with Crippen molar-refractivity contribution >= 4 is 17.9 Å². The largest absolute Gasteiger partial charge is 0.444 e. The van der Waals surface area contributed by atoms with Crippen molar-refractivity contribution in [3.63, 3.8) is 0 Å². The van der Waals surface area contributed by atoms with Gasteiger partial charge < -0.3 is 15.0 Å². The van der Waals surface area contributed by atoms with E-state index in [0.717, 1.165) is 25.7 Å². The van der Waals surface area contributed by atoms with Crippen molar-refractivity contribution in [3.8, 4) is 0 Å². The van der Waals surface area contributed by atoms with Crippen LogP contribution in [-0.4, -0.2) is 52.3 Å². The molecule has 0 radical (unpaired) electrons. The van der Waals surface area contributed by atoms with E-state index in [0.29, 0.717) is 24.2 Å². The zero-order valence-electron chi connectivity index (χ0n) is 14.1. The van der Waals surface area contributed by atoms with Crippen LogP contribution in [0.15, 0.2) is 0 Å². The van der Waals surface area contributed by atoms with Crippen LogP contribution in [0.25, 0.3) is 0 Å². The van der Waals surface area contributed by atoms with Crippen LogP contribution in [0.4, 0.5) is 4.79 Å². The number of nitrogens with zero attached hydrogens (tertiary/aromatic N) is 1. The fraction of sp³-hybridized carbons (Fsp3) is 0.941. The normalized spacial score (nSPS) is 33.0. The predicted octanol–water partition coefficient (Wildman–Crippen LogP) is 3.40. The molecule has 0 aliphatic carbocycles. The highest BCUT2D eigenvalue weighted by Crippen LogP contribution is 2.37. The number of amides is 1. The highest BCUT2D eigenvalue weighted by Gasteiger charge is 2.45. The summed E-state index contributed by atoms with van der Waals surface area (Å²) in [6, 6.07) is 2.04. The summed E-state index contributed by atoms with van der Waals surface area (Å²) in [5.41, 5.74) is -0.397. The van der Waals surface area contributed by atoms with Crippen LogP contribution in [-0.2, 0) is 4.74 Å². The molecule has 3 aliphatic heterocycles. The minimum absolute atomic E-state index is 0.104. The Hall–Kier alpha value is -0.420. The fourth-order valence-electron chi connectivity index (χ4n) is 4.12. The second kappa shape index (κ2) is 6.60. The van der Waals surface area contributed by atoms with Crippen molar-refractivity contribution in [2.45, 2.75) is 89.1 Å². The summed E-state index contributed by atoms with van der Waals surface area (Å²) in [6.45, 7) is 5.84. The smallest absolute Gasteiger partial charge is 0.410 e. The molecule has 3 heterocycles. The van der Waals surface area contributed by atoms with E-state index in [1.165, 1.54) is 24.3 Å². The third kappa shape index (κ3) is 3.91. The maximum absolute atomic E-state index is 12.5. The van der Waals surface area contributed by atoms with Crippen LogP contribution in [0.3, 0.4) is 0 Å². The second-order valence-electron chi connectivity index (χ2n) is 7.99. The van der Waals surface area contributed by atoms with E-state index in [1.54, 1.807) is 0 Å². The minimum atomic E-state index is -0.397. The zero-order valence-corrected chi connectivity index (χ0v) is 15.0. The summed E-state index contributed by atoms with van der Waals surface area (Å²) < 4.78 is 5.61. The average molecular weight is 327 g/mol. The Morgan fingerprint density at radius 3 is 2.18 bits per heavy atom. The molecule has 4 nitrogen and oxygen atoms in total. The summed E-state index contributed by atoms with van der Waals surface area (Å²) in [4.78, 5) is 14.5. The Morgan fingerprint density at radius 2 is 1.64 bits per heavy atom. The molecule has 0 saturated carbocycles. The highest BCUT2D eigenvalue weighted by atomic mass is 32.2. The number of carbonyl (C=O) groups excluding carboxylic acids is 1. The Morgan fingerprint density at radius 1 is 1.05 bits per heavy atom. The van der Waals surface area contributed by atoms with E-state index in [9.17, 15) is 4.79 Å². The van der Waals surface area contributed by atoms with Crippen LogP contribution in [0.1, 0.15) is 59.3 Å². The molecule has 3 rings (SSSR count). The van der Waals surface area contributed by atoms with E-state index in [-0.39, 0.29) is 6.09 Å². The van der Waals surface area contributed by atoms with E-state index in [4.69, 9.17) is 4.74 Å². The summed E-state index contributed by atoms with van der Waals surface area (Å²) in [7, 11) is 0. The van der Waals surface area contributed by atoms with Crippen molar-refractivity contribution < 1.29 is 9.53 Å². The lowest BCUT2D eigenvalue weighted by atomic mass is 9.96. The molecule has 2 atom stereocenters. The molecular weight excluding hydrogens is 296 g/mol. The van der Waals surface area contributed by atoms with Gasteiger partial charge in [0.15, 0.2) is 0 Å². The lowest BCUT2D eigenvalue weighted by Crippen LogP contribution is -2.54. The predicted molar refractivity (Wildman–Crippen MR) is 91.4 cm³/mol. The first-order chi connectivity index (χ1) is 10.4. The number of hydrogen-bond acceptors (Lipinski definition) is 4. The summed E-state index contributed by atoms with van der Waals surface area (Å²) in [6.07, 6.45) is 6.97. The molecule has 0 aromatic carbocycles. The van der Waals surface area contributed by atoms with Gasteiger partial charge in [0.05, 0.1) is 0 Å². The van der Waals surface area contributed by atoms with E-state index in [2.05, 4.69) is 17.1 Å². The van der Waals surface area contributed by atoms with Gasteiger partial charge in [0.2, 0.25) is 0 Å². The van der Waals surface area contributed by atoms with Gasteiger partial charge in [-0.2, -0.15) is 11.8 Å². The number of piperidine rings is 1. The second-order valence-corrected chi connectivity index (χ2v) is 9.22. The van der Waals surface area contributed by atoms with Crippen LogP contribution in [0.5, 0.6) is 0 Å². The third-order valence-corrected chi connectivity index (χ3v) is 6.08. The lowest BCUT2D eigenvalue weighted by molar-refractivity contribution is 0.00424. The maximum Gasteiger partial charge on any atom is 0.410 e. The van der Waals surface area contributed by atoms with Crippen molar-refractivity contribution in [2.75, 3.05) is 11.5 Å². The van der Waals surface area contributed by atoms with Gasteiger partial charge in [-0.1, -0.05) is 0 Å². The van der Waals surface area contributed by atoms with Crippen molar-refractivity contribution in [3.05, 3.63) is 0 Å². The lowest BCUT2D eigenvalue weighted by Gasteiger charge is -2.41. The van der Waals surface area contributed by atoms with Gasteiger partial charge in [-0.15, -0.1) is 0 Å². The van der Waals surface area contributed by atoms with Gasteiger partial charge in [0.1, 0.15) is 5.60 Å². The molecule has 3 saturated heterocycles. The number of nitrogens with one attached hydrogen (secondary N) is 1. The molecular formula is C17H30N2O2S. The average Bonchev–Trinajstić information content (AvgIpc) is 2.70. The SMILES string of the molecule is CC(C)(C)OC(=O)N1C2CCC1CC(NC1CCSCC1)C2. The third-order valence-electron chi connectivity index (χ3n) is 5.03. The zero-order chi connectivity index (χ0) is 15.7. The van der Waals surface area contributed by atoms with Gasteiger partial charge in [-0.3, -0.25) is 0 Å². The first kappa shape index (κ1) is 16.4. The molecule has 0 spiro atoms. The number of rotatable bonds is 2. The molecule has 2 bridgehead atoms. The Labute approximate surface area is 138 Å². The molecule has 0 aromatic rings. The standard InChI is InChI=1S/C17H30N2O2S/c1-17(2,3)21-16(20)19-14-4-5-15(19)11-13(10-14)18-12-6-8-22-9-7-12/h12-15,18H,4-11H2,1-3H3. The molecule has 22 heavy (non-hydrogen) atoms. The summed E-state index contributed by atoms with van der Waals surface area (Å²) >= 11 is 2.07. The van der Waals surface area contributed by atoms with E-state index >= 15 is 0 Å². The minimum Gasteiger partial charge on any atom is -0.444 e. The first-order valence-corrected chi connectivity index (χ1v) is 9.93. The highest BCUT2D eigenvalue weighted by molar-refractivity contribution is 7.99. The molecule has 1 amide bonds. The first-order valence-electron chi connectivity index (χ1n) is 8.77. The molecule has 2 unspecified atom stereocenters. The van der Waals surface area contributed by atoms with Crippen LogP contribution in [0, 0.1) is 0 Å². The van der Waals surface area contributed by atoms with E-state index in [1.807, 2.05) is 25.7 Å². The summed E-state index contributed by atoms with van der Waals surface area (Å²) in [5.74, 6) is 2.59. The van der Waals surface area contributed by atoms with E-state index < -0.39 is 5.60 Å². The Bertz CT molecular complexity index is 390. The monoisotopic (exact) mass is 326 g/mol. The number of ether oxygens (including phenoxy) is 1. The Balaban J connectivity index is 1.55. The molecule has 3 aliphatic rings. The van der Waals surface area contributed by atoms with Crippen LogP contribution >= 0.6 is 11.8 Å². The van der Waals surface area contributed by atoms with Crippen molar-refractivity contribution in [1.82, 2.24) is 10.2 Å². The van der Waals surface area contributed by atoms with Crippen LogP contribution in [0.2, 0.25) is 0 Å². The molecule has 126 valence electrons. The molecule has 5 heteroatoms. The van der Waals surface area contributed by atoms with Crippen molar-refractivity contribution in [1.29, 1.82) is 0 Å². The topological polar surface area (TPSA) is 41.6 Å². The summed E-state index contributed by atoms with van der Waals surface area (Å²) in [5, 5.41) is 3.87. The van der Waals surface area contributed by atoms with Crippen LogP contribution < -0.4 is 5.32 Å². The number of thioether (sulfide) groups is 1. The Kier molecular flexibility index (Phi) is 4.93. The van der Waals surface area contributed by atoms with Crippen molar-refractivity contribution in [2.24, 2.45) is 0 Å². The van der Waals surface area contributed by atoms with Gasteiger partial charge in [-0.05, 0) is 70.8 Å². The van der Waals surface area contributed by atoms with Gasteiger partial charge in [0.25, 0.3) is 0 Å². The fourth-order valence-corrected chi connectivity index (χ4v) is 5.23. The molecule has 1 N–H and O–H groups in total. The molecule has 3 fully saturated rings. The van der Waals surface area contributed by atoms with Gasteiger partial charge in [-0.25, -0.2) is 4.79 Å². The quantitative estimate of drug-likeness (QED) is 0.844.